The summed E-state index contributed by atoms with van der Waals surface area (Å²) in [5.74, 6) is -1.86. The molecule has 0 amide bonds. The number of phosphoric acid groups is 3. The highest BCUT2D eigenvalue weighted by Gasteiger charge is 2.53. The molecule has 1 aliphatic rings. The van der Waals surface area contributed by atoms with Crippen LogP contribution in [0.3, 0.4) is 0 Å². The lowest BCUT2D eigenvalue weighted by atomic mass is 10.0. The first kappa shape index (κ1) is 38.3. The van der Waals surface area contributed by atoms with Crippen molar-refractivity contribution in [3.63, 3.8) is 0 Å². The molecule has 6 atom stereocenters. The Labute approximate surface area is 308 Å². The van der Waals surface area contributed by atoms with Crippen molar-refractivity contribution < 1.29 is 70.2 Å². The molecule has 6 N–H and O–H groups in total. The molecule has 1 aliphatic heterocycles. The van der Waals surface area contributed by atoms with Crippen molar-refractivity contribution in [1.29, 1.82) is 0 Å². The summed E-state index contributed by atoms with van der Waals surface area (Å²) >= 11 is 0. The van der Waals surface area contributed by atoms with Gasteiger partial charge in [-0.3, -0.25) is 9.09 Å². The molecule has 2 unspecified atom stereocenters. The number of rotatable bonds is 12. The first-order chi connectivity index (χ1) is 26.1. The summed E-state index contributed by atoms with van der Waals surface area (Å²) in [6.07, 6.45) is -4.04. The Morgan fingerprint density at radius 3 is 1.89 bits per heavy atom. The fraction of sp³-hybridized carbons (Fsp3) is 0.156. The maximum absolute atomic E-state index is 14.1. The summed E-state index contributed by atoms with van der Waals surface area (Å²) in [5, 5.41) is 2.40. The largest absolute Gasteiger partial charge is 0.490 e. The van der Waals surface area contributed by atoms with E-state index in [-0.39, 0.29) is 28.1 Å². The molecule has 0 saturated carbocycles. The summed E-state index contributed by atoms with van der Waals surface area (Å²) in [5.41, 5.74) is 6.41. The van der Waals surface area contributed by atoms with E-state index in [4.69, 9.17) is 34.3 Å². The number of esters is 2. The first-order valence-corrected chi connectivity index (χ1v) is 20.4. The van der Waals surface area contributed by atoms with E-state index in [1.165, 1.54) is 23.0 Å². The van der Waals surface area contributed by atoms with Gasteiger partial charge in [0.05, 0.1) is 24.1 Å². The van der Waals surface area contributed by atoms with Gasteiger partial charge in [0.1, 0.15) is 17.9 Å². The van der Waals surface area contributed by atoms with Crippen LogP contribution in [0.5, 0.6) is 0 Å². The van der Waals surface area contributed by atoms with Crippen molar-refractivity contribution in [2.45, 2.75) is 24.5 Å². The highest BCUT2D eigenvalue weighted by molar-refractivity contribution is 7.66. The minimum Gasteiger partial charge on any atom is -0.452 e. The third-order valence-electron chi connectivity index (χ3n) is 8.27. The quantitative estimate of drug-likeness (QED) is 0.0844. The Morgan fingerprint density at radius 2 is 1.29 bits per heavy atom. The third kappa shape index (κ3) is 8.35. The number of ether oxygens (including phenoxy) is 3. The van der Waals surface area contributed by atoms with E-state index in [9.17, 15) is 33.1 Å². The molecule has 0 bridgehead atoms. The average Bonchev–Trinajstić information content (AvgIpc) is 3.70. The molecule has 286 valence electrons. The monoisotopic (exact) mass is 815 g/mol. The number of imidazole rings is 1. The molecule has 20 nitrogen and oxygen atoms in total. The summed E-state index contributed by atoms with van der Waals surface area (Å²) in [4.78, 5) is 78.3. The van der Waals surface area contributed by atoms with Crippen LogP contribution in [-0.4, -0.2) is 76.0 Å². The lowest BCUT2D eigenvalue weighted by Crippen LogP contribution is -2.41. The Morgan fingerprint density at radius 1 is 0.727 bits per heavy atom. The van der Waals surface area contributed by atoms with Gasteiger partial charge < -0.3 is 39.5 Å². The van der Waals surface area contributed by atoms with Crippen molar-refractivity contribution in [3.8, 4) is 0 Å². The molecule has 6 aromatic rings. The van der Waals surface area contributed by atoms with Gasteiger partial charge in [-0.25, -0.2) is 38.2 Å². The van der Waals surface area contributed by atoms with Gasteiger partial charge in [-0.15, -0.1) is 0 Å². The summed E-state index contributed by atoms with van der Waals surface area (Å²) in [6.45, 7) is -1.08. The third-order valence-corrected chi connectivity index (χ3v) is 12.1. The molecular formula is C32H28N5O15P3. The van der Waals surface area contributed by atoms with Crippen LogP contribution in [0.4, 0.5) is 5.82 Å². The second-order valence-corrected chi connectivity index (χ2v) is 16.2. The lowest BCUT2D eigenvalue weighted by molar-refractivity contribution is -0.0558. The van der Waals surface area contributed by atoms with Crippen LogP contribution < -0.4 is 5.73 Å². The molecule has 1 saturated heterocycles. The zero-order valence-electron chi connectivity index (χ0n) is 27.7. The maximum atomic E-state index is 14.1. The van der Waals surface area contributed by atoms with Gasteiger partial charge in [-0.05, 0) is 33.7 Å². The number of nitrogens with zero attached hydrogens (tertiary/aromatic N) is 4. The van der Waals surface area contributed by atoms with Gasteiger partial charge in [0, 0.05) is 0 Å². The Balaban J connectivity index is 1.29. The van der Waals surface area contributed by atoms with Crippen molar-refractivity contribution in [3.05, 3.63) is 109 Å². The van der Waals surface area contributed by atoms with E-state index in [1.54, 1.807) is 72.8 Å². The molecule has 1 fully saturated rings. The number of carbonyl (C=O) groups is 2. The van der Waals surface area contributed by atoms with Gasteiger partial charge in [0.25, 0.3) is 0 Å². The van der Waals surface area contributed by atoms with Crippen molar-refractivity contribution >= 4 is 73.9 Å². The molecular weight excluding hydrogens is 787 g/mol. The molecule has 2 aromatic heterocycles. The van der Waals surface area contributed by atoms with E-state index in [2.05, 4.69) is 23.6 Å². The van der Waals surface area contributed by atoms with Gasteiger partial charge in [0.15, 0.2) is 29.9 Å². The van der Waals surface area contributed by atoms with Crippen LogP contribution in [0.2, 0.25) is 0 Å². The van der Waals surface area contributed by atoms with Crippen molar-refractivity contribution in [2.24, 2.45) is 0 Å². The first-order valence-electron chi connectivity index (χ1n) is 15.8. The zero-order valence-corrected chi connectivity index (χ0v) is 30.4. The Bertz CT molecular complexity index is 2590. The number of hydrogen-bond acceptors (Lipinski definition) is 15. The van der Waals surface area contributed by atoms with Crippen LogP contribution in [0.25, 0.3) is 32.7 Å². The van der Waals surface area contributed by atoms with E-state index in [0.717, 1.165) is 6.33 Å². The summed E-state index contributed by atoms with van der Waals surface area (Å²) in [7, 11) is -17.3. The second-order valence-electron chi connectivity index (χ2n) is 11.8. The zero-order chi connectivity index (χ0) is 39.1. The molecule has 0 radical (unpaired) electrons. The number of nitrogens with two attached hydrogens (primary N) is 1. The number of anilines is 1. The van der Waals surface area contributed by atoms with Crippen molar-refractivity contribution in [2.75, 3.05) is 12.3 Å². The van der Waals surface area contributed by atoms with Gasteiger partial charge >= 0.3 is 35.4 Å². The minimum atomic E-state index is -5.90. The number of hydrogen-bond donors (Lipinski definition) is 5. The van der Waals surface area contributed by atoms with E-state index >= 15 is 0 Å². The predicted octanol–water partition coefficient (Wildman–Crippen LogP) is 4.41. The van der Waals surface area contributed by atoms with Crippen LogP contribution >= 0.6 is 23.5 Å². The van der Waals surface area contributed by atoms with Crippen LogP contribution in [0.1, 0.15) is 26.9 Å². The number of benzene rings is 4. The number of carbonyl (C=O) groups excluding carboxylic acids is 2. The second kappa shape index (κ2) is 15.0. The van der Waals surface area contributed by atoms with Crippen molar-refractivity contribution in [1.82, 2.24) is 19.5 Å². The fourth-order valence-electron chi connectivity index (χ4n) is 6.04. The SMILES string of the molecule is Nc1ncnc2c1ncn2[C@@H]1O[C@H](COP(=O)(O)OP(=O)(O)OP(=O)(O)O)[C@@H](OC(=O)c2cccc3ccccc23)[C@H]1OC(=O)c1cccc2ccccc12. The number of phosphoric ester groups is 1. The highest BCUT2D eigenvalue weighted by Crippen LogP contribution is 2.66. The lowest BCUT2D eigenvalue weighted by Gasteiger charge is -2.25. The molecule has 4 aromatic carbocycles. The topological polar surface area (TPSA) is 291 Å². The predicted molar refractivity (Wildman–Crippen MR) is 190 cm³/mol. The van der Waals surface area contributed by atoms with Gasteiger partial charge in [0.2, 0.25) is 0 Å². The molecule has 23 heteroatoms. The molecule has 3 heterocycles. The Kier molecular flexibility index (Phi) is 10.4. The van der Waals surface area contributed by atoms with E-state index < -0.39 is 66.6 Å². The summed E-state index contributed by atoms with van der Waals surface area (Å²) in [6, 6.07) is 23.7. The summed E-state index contributed by atoms with van der Waals surface area (Å²) < 4.78 is 68.1. The van der Waals surface area contributed by atoms with Crippen LogP contribution in [-0.2, 0) is 41.1 Å². The smallest absolute Gasteiger partial charge is 0.452 e. The number of fused-ring (bicyclic) bond motifs is 3. The van der Waals surface area contributed by atoms with Crippen LogP contribution in [0.15, 0.2) is 97.6 Å². The highest BCUT2D eigenvalue weighted by atomic mass is 31.3. The van der Waals surface area contributed by atoms with E-state index in [0.29, 0.717) is 21.5 Å². The van der Waals surface area contributed by atoms with Gasteiger partial charge in [-0.1, -0.05) is 72.8 Å². The molecule has 0 spiro atoms. The maximum Gasteiger partial charge on any atom is 0.490 e. The standard InChI is InChI=1S/C32H28N5O15P3/c33-28-25-29(35-16-34-28)37(17-36-25)30-27(50-32(39)23-14-6-10-19-8-2-4-12-21(19)23)26(49-31(38)22-13-5-9-18-7-1-3-11-20(18)22)24(48-30)15-47-54(43,44)52-55(45,46)51-53(40,41)42/h1-14,16-17,24,26-27,30H,15H2,(H,43,44)(H,45,46)(H2,33,34,35)(H2,40,41,42)/t24-,26-,27-,30-/m1/s1. The number of nitrogen functional groups attached to an aromatic ring is 1. The van der Waals surface area contributed by atoms with Crippen LogP contribution in [0, 0.1) is 0 Å². The normalized spacial score (nSPS) is 20.9. The number of aromatic nitrogens is 4. The molecule has 55 heavy (non-hydrogen) atoms. The average molecular weight is 816 g/mol. The minimum absolute atomic E-state index is 0.0193. The fourth-order valence-corrected chi connectivity index (χ4v) is 9.07. The van der Waals surface area contributed by atoms with Gasteiger partial charge in [-0.2, -0.15) is 8.62 Å². The Hall–Kier alpha value is -4.94. The van der Waals surface area contributed by atoms with E-state index in [1.807, 2.05) is 0 Å². The molecule has 0 aliphatic carbocycles. The molecule has 7 rings (SSSR count).